The van der Waals surface area contributed by atoms with E-state index in [1.807, 2.05) is 39.0 Å². The molecule has 0 heterocycles. The average Bonchev–Trinajstić information content (AvgIpc) is 2.82. The van der Waals surface area contributed by atoms with Crippen LogP contribution in [0.4, 0.5) is 0 Å². The molecule has 0 fully saturated rings. The van der Waals surface area contributed by atoms with Crippen molar-refractivity contribution in [3.8, 4) is 16.9 Å². The Hall–Kier alpha value is -3.11. The lowest BCUT2D eigenvalue weighted by atomic mass is 10.0. The number of hydrogen-bond acceptors (Lipinski definition) is 4. The molecule has 3 aromatic rings. The molecule has 0 radical (unpaired) electrons. The molecule has 0 atom stereocenters. The van der Waals surface area contributed by atoms with Crippen LogP contribution in [0.15, 0.2) is 78.9 Å². The second-order valence-corrected chi connectivity index (χ2v) is 9.50. The Balaban J connectivity index is 1.38. The summed E-state index contributed by atoms with van der Waals surface area (Å²) in [7, 11) is 0. The topological polar surface area (TPSA) is 47.6 Å². The molecule has 34 heavy (non-hydrogen) atoms. The summed E-state index contributed by atoms with van der Waals surface area (Å²) in [5, 5.41) is 3.47. The number of rotatable bonds is 12. The van der Waals surface area contributed by atoms with E-state index in [0.29, 0.717) is 13.0 Å². The maximum atomic E-state index is 11.8. The van der Waals surface area contributed by atoms with Crippen LogP contribution in [0, 0.1) is 0 Å². The molecule has 0 amide bonds. The van der Waals surface area contributed by atoms with Gasteiger partial charge in [0, 0.05) is 6.42 Å². The summed E-state index contributed by atoms with van der Waals surface area (Å²) in [4.78, 5) is 11.8. The van der Waals surface area contributed by atoms with Gasteiger partial charge in [-0.05, 0) is 81.4 Å². The highest BCUT2D eigenvalue weighted by Gasteiger charge is 2.15. The van der Waals surface area contributed by atoms with Gasteiger partial charge in [-0.3, -0.25) is 4.79 Å². The number of nitrogens with one attached hydrogen (secondary N) is 1. The highest BCUT2D eigenvalue weighted by atomic mass is 16.6. The smallest absolute Gasteiger partial charge is 0.306 e. The normalized spacial score (nSPS) is 11.3. The molecule has 3 rings (SSSR count). The Morgan fingerprint density at radius 1 is 0.794 bits per heavy atom. The molecular formula is C30H37NO3. The zero-order valence-corrected chi connectivity index (χ0v) is 20.7. The highest BCUT2D eigenvalue weighted by Crippen LogP contribution is 2.22. The Kier molecular flexibility index (Phi) is 9.72. The van der Waals surface area contributed by atoms with Gasteiger partial charge in [-0.25, -0.2) is 0 Å². The highest BCUT2D eigenvalue weighted by molar-refractivity contribution is 5.69. The zero-order chi connectivity index (χ0) is 24.2. The Morgan fingerprint density at radius 2 is 1.47 bits per heavy atom. The van der Waals surface area contributed by atoms with Crippen LogP contribution in [-0.2, 0) is 22.6 Å². The van der Waals surface area contributed by atoms with Gasteiger partial charge in [0.15, 0.2) is 0 Å². The van der Waals surface area contributed by atoms with Gasteiger partial charge in [0.05, 0.1) is 0 Å². The molecule has 0 aromatic heterocycles. The first kappa shape index (κ1) is 25.5. The van der Waals surface area contributed by atoms with Crippen LogP contribution >= 0.6 is 0 Å². The minimum atomic E-state index is -0.406. The van der Waals surface area contributed by atoms with E-state index < -0.39 is 5.60 Å². The monoisotopic (exact) mass is 459 g/mol. The number of benzene rings is 3. The third-order valence-corrected chi connectivity index (χ3v) is 5.40. The lowest BCUT2D eigenvalue weighted by Gasteiger charge is -2.19. The van der Waals surface area contributed by atoms with E-state index in [1.165, 1.54) is 16.7 Å². The lowest BCUT2D eigenvalue weighted by Crippen LogP contribution is -2.24. The number of hydrogen-bond donors (Lipinski definition) is 1. The molecule has 1 N–H and O–H groups in total. The van der Waals surface area contributed by atoms with Gasteiger partial charge in [0.2, 0.25) is 0 Å². The second-order valence-electron chi connectivity index (χ2n) is 9.50. The van der Waals surface area contributed by atoms with Gasteiger partial charge < -0.3 is 14.8 Å². The number of unbranched alkanes of at least 4 members (excludes halogenated alkanes) is 1. The fourth-order valence-corrected chi connectivity index (χ4v) is 3.70. The van der Waals surface area contributed by atoms with E-state index in [1.54, 1.807) is 0 Å². The Labute approximate surface area is 204 Å². The van der Waals surface area contributed by atoms with Gasteiger partial charge >= 0.3 is 5.97 Å². The van der Waals surface area contributed by atoms with Crippen LogP contribution in [0.5, 0.6) is 5.75 Å². The van der Waals surface area contributed by atoms with Crippen molar-refractivity contribution >= 4 is 5.97 Å². The summed E-state index contributed by atoms with van der Waals surface area (Å²) in [6, 6.07) is 27.2. The molecule has 0 saturated carbocycles. The predicted octanol–water partition coefficient (Wildman–Crippen LogP) is 6.58. The van der Waals surface area contributed by atoms with Crippen LogP contribution < -0.4 is 10.1 Å². The van der Waals surface area contributed by atoms with Gasteiger partial charge in [-0.15, -0.1) is 0 Å². The van der Waals surface area contributed by atoms with E-state index in [4.69, 9.17) is 9.47 Å². The van der Waals surface area contributed by atoms with Gasteiger partial charge in [0.25, 0.3) is 0 Å². The molecule has 180 valence electrons. The van der Waals surface area contributed by atoms with Crippen LogP contribution in [0.3, 0.4) is 0 Å². The predicted molar refractivity (Wildman–Crippen MR) is 139 cm³/mol. The van der Waals surface area contributed by atoms with Crippen molar-refractivity contribution in [2.45, 2.75) is 58.7 Å². The minimum Gasteiger partial charge on any atom is -0.489 e. The summed E-state index contributed by atoms with van der Waals surface area (Å²) in [6.07, 6.45) is 3.16. The van der Waals surface area contributed by atoms with Gasteiger partial charge in [-0.1, -0.05) is 72.8 Å². The van der Waals surface area contributed by atoms with Crippen molar-refractivity contribution in [1.29, 1.82) is 0 Å². The summed E-state index contributed by atoms with van der Waals surface area (Å²) >= 11 is 0. The van der Waals surface area contributed by atoms with E-state index in [0.717, 1.165) is 43.7 Å². The Morgan fingerprint density at radius 3 is 2.21 bits per heavy atom. The number of para-hydroxylation sites is 1. The molecule has 0 saturated heterocycles. The van der Waals surface area contributed by atoms with Crippen molar-refractivity contribution in [3.63, 3.8) is 0 Å². The fraction of sp³-hybridized carbons (Fsp3) is 0.367. The van der Waals surface area contributed by atoms with Crippen molar-refractivity contribution in [1.82, 2.24) is 5.32 Å². The van der Waals surface area contributed by atoms with Crippen LogP contribution in [0.25, 0.3) is 11.1 Å². The summed E-state index contributed by atoms with van der Waals surface area (Å²) in [5.41, 5.74) is 4.37. The van der Waals surface area contributed by atoms with E-state index in [-0.39, 0.29) is 5.97 Å². The quantitative estimate of drug-likeness (QED) is 0.246. The maximum absolute atomic E-state index is 11.8. The lowest BCUT2D eigenvalue weighted by molar-refractivity contribution is -0.154. The number of carbonyl (C=O) groups is 1. The fourth-order valence-electron chi connectivity index (χ4n) is 3.70. The zero-order valence-electron chi connectivity index (χ0n) is 20.7. The first-order chi connectivity index (χ1) is 16.4. The number of esters is 1. The number of ether oxygens (including phenoxy) is 2. The van der Waals surface area contributed by atoms with Crippen LogP contribution in [-0.4, -0.2) is 24.7 Å². The molecule has 0 aliphatic heterocycles. The van der Waals surface area contributed by atoms with Crippen molar-refractivity contribution in [2.75, 3.05) is 13.1 Å². The SMILES string of the molecule is CC(C)(C)OC(=O)CCCCNCCc1ccccc1OCc1ccc(-c2ccccc2)cc1. The molecule has 0 unspecified atom stereocenters. The molecular weight excluding hydrogens is 422 g/mol. The van der Waals surface area contributed by atoms with Crippen molar-refractivity contribution < 1.29 is 14.3 Å². The van der Waals surface area contributed by atoms with Crippen molar-refractivity contribution in [2.24, 2.45) is 0 Å². The van der Waals surface area contributed by atoms with E-state index in [2.05, 4.69) is 66.0 Å². The molecule has 3 aromatic carbocycles. The molecule has 0 bridgehead atoms. The van der Waals surface area contributed by atoms with Crippen LogP contribution in [0.2, 0.25) is 0 Å². The number of carbonyl (C=O) groups excluding carboxylic acids is 1. The summed E-state index contributed by atoms with van der Waals surface area (Å²) < 4.78 is 11.5. The van der Waals surface area contributed by atoms with E-state index >= 15 is 0 Å². The van der Waals surface area contributed by atoms with Gasteiger partial charge in [0.1, 0.15) is 18.0 Å². The van der Waals surface area contributed by atoms with Gasteiger partial charge in [-0.2, -0.15) is 0 Å². The molecule has 0 spiro atoms. The molecule has 4 heteroatoms. The first-order valence-corrected chi connectivity index (χ1v) is 12.2. The molecule has 0 aliphatic carbocycles. The second kappa shape index (κ2) is 13.0. The minimum absolute atomic E-state index is 0.117. The van der Waals surface area contributed by atoms with Crippen LogP contribution in [0.1, 0.15) is 51.2 Å². The van der Waals surface area contributed by atoms with E-state index in [9.17, 15) is 4.79 Å². The summed E-state index contributed by atoms with van der Waals surface area (Å²) in [5.74, 6) is 0.814. The largest absolute Gasteiger partial charge is 0.489 e. The van der Waals surface area contributed by atoms with Crippen molar-refractivity contribution in [3.05, 3.63) is 90.0 Å². The Bertz CT molecular complexity index is 1010. The standard InChI is InChI=1S/C30H37NO3/c1-30(2,3)34-29(32)15-9-10-21-31-22-20-27-13-7-8-14-28(27)33-23-24-16-18-26(19-17-24)25-11-5-4-6-12-25/h4-8,11-14,16-19,31H,9-10,15,20-23H2,1-3H3. The maximum Gasteiger partial charge on any atom is 0.306 e. The average molecular weight is 460 g/mol. The molecule has 4 nitrogen and oxygen atoms in total. The third-order valence-electron chi connectivity index (χ3n) is 5.40. The molecule has 0 aliphatic rings. The summed E-state index contributed by atoms with van der Waals surface area (Å²) in [6.45, 7) is 8.00. The third kappa shape index (κ3) is 9.03. The first-order valence-electron chi connectivity index (χ1n) is 12.2.